The molecule has 0 aromatic heterocycles. The highest BCUT2D eigenvalue weighted by atomic mass is 32.2. The third kappa shape index (κ3) is 3.06. The Morgan fingerprint density at radius 1 is 1.09 bits per heavy atom. The number of fused-ring (bicyclic) bond motifs is 1. The standard InChI is InChI=1S/C16H24N2O3S/c1-13-12-21-14(2)11-18(13)22(19,20)17-9-7-15-5-3-4-6-16(15)8-10-17/h3-6,13-14H,7-12H2,1-2H3/t13-,14+/m0/s1. The van der Waals surface area contributed by atoms with E-state index in [2.05, 4.69) is 12.1 Å². The molecule has 0 N–H and O–H groups in total. The molecule has 2 aliphatic rings. The van der Waals surface area contributed by atoms with Gasteiger partial charge in [0.25, 0.3) is 10.2 Å². The third-order valence-corrected chi connectivity index (χ3v) is 6.67. The zero-order valence-electron chi connectivity index (χ0n) is 13.2. The molecule has 1 saturated heterocycles. The number of morpholine rings is 1. The zero-order valence-corrected chi connectivity index (χ0v) is 14.1. The summed E-state index contributed by atoms with van der Waals surface area (Å²) in [6.07, 6.45) is 1.52. The summed E-state index contributed by atoms with van der Waals surface area (Å²) < 4.78 is 34.8. The van der Waals surface area contributed by atoms with Crippen LogP contribution in [0.2, 0.25) is 0 Å². The number of hydrogen-bond donors (Lipinski definition) is 0. The van der Waals surface area contributed by atoms with Crippen LogP contribution in [0.25, 0.3) is 0 Å². The Balaban J connectivity index is 1.79. The molecule has 5 nitrogen and oxygen atoms in total. The Morgan fingerprint density at radius 2 is 1.68 bits per heavy atom. The van der Waals surface area contributed by atoms with Gasteiger partial charge < -0.3 is 4.74 Å². The summed E-state index contributed by atoms with van der Waals surface area (Å²) >= 11 is 0. The number of rotatable bonds is 2. The Hall–Kier alpha value is -0.950. The highest BCUT2D eigenvalue weighted by Crippen LogP contribution is 2.22. The van der Waals surface area contributed by atoms with E-state index in [1.54, 1.807) is 8.61 Å². The van der Waals surface area contributed by atoms with Crippen molar-refractivity contribution in [1.82, 2.24) is 8.61 Å². The van der Waals surface area contributed by atoms with Crippen LogP contribution in [-0.4, -0.2) is 55.4 Å². The van der Waals surface area contributed by atoms with Crippen molar-refractivity contribution in [2.75, 3.05) is 26.2 Å². The van der Waals surface area contributed by atoms with Crippen molar-refractivity contribution in [3.63, 3.8) is 0 Å². The molecule has 0 amide bonds. The maximum atomic E-state index is 13.0. The molecule has 2 atom stereocenters. The van der Waals surface area contributed by atoms with E-state index in [9.17, 15) is 8.42 Å². The van der Waals surface area contributed by atoms with Gasteiger partial charge >= 0.3 is 0 Å². The third-order valence-electron chi connectivity index (χ3n) is 4.55. The quantitative estimate of drug-likeness (QED) is 0.827. The molecule has 0 unspecified atom stereocenters. The second kappa shape index (κ2) is 6.28. The second-order valence-corrected chi connectivity index (χ2v) is 8.12. The lowest BCUT2D eigenvalue weighted by Crippen LogP contribution is -2.55. The van der Waals surface area contributed by atoms with Crippen molar-refractivity contribution in [2.45, 2.75) is 38.8 Å². The zero-order chi connectivity index (χ0) is 15.7. The SMILES string of the molecule is C[C@@H]1CN(S(=O)(=O)N2CCc3ccccc3CC2)[C@@H](C)CO1. The van der Waals surface area contributed by atoms with Crippen LogP contribution in [0.4, 0.5) is 0 Å². The fraction of sp³-hybridized carbons (Fsp3) is 0.625. The van der Waals surface area contributed by atoms with Gasteiger partial charge in [0.2, 0.25) is 0 Å². The number of benzene rings is 1. The highest BCUT2D eigenvalue weighted by Gasteiger charge is 2.37. The molecule has 2 heterocycles. The lowest BCUT2D eigenvalue weighted by atomic mass is 10.0. The van der Waals surface area contributed by atoms with Gasteiger partial charge in [-0.1, -0.05) is 24.3 Å². The summed E-state index contributed by atoms with van der Waals surface area (Å²) in [7, 11) is -3.42. The fourth-order valence-corrected chi connectivity index (χ4v) is 5.08. The van der Waals surface area contributed by atoms with E-state index in [0.717, 1.165) is 12.8 Å². The summed E-state index contributed by atoms with van der Waals surface area (Å²) in [5.74, 6) is 0. The van der Waals surface area contributed by atoms with E-state index in [4.69, 9.17) is 4.74 Å². The average molecular weight is 324 g/mol. The number of ether oxygens (including phenoxy) is 1. The minimum Gasteiger partial charge on any atom is -0.375 e. The monoisotopic (exact) mass is 324 g/mol. The molecule has 1 aromatic carbocycles. The van der Waals surface area contributed by atoms with Gasteiger partial charge in [-0.05, 0) is 37.8 Å². The van der Waals surface area contributed by atoms with E-state index < -0.39 is 10.2 Å². The Labute approximate surface area is 133 Å². The second-order valence-electron chi connectivity index (χ2n) is 6.24. The first-order valence-corrected chi connectivity index (χ1v) is 9.33. The van der Waals surface area contributed by atoms with Gasteiger partial charge in [0.15, 0.2) is 0 Å². The molecule has 0 radical (unpaired) electrons. The summed E-state index contributed by atoms with van der Waals surface area (Å²) in [4.78, 5) is 0. The van der Waals surface area contributed by atoms with Gasteiger partial charge in [-0.2, -0.15) is 17.0 Å². The topological polar surface area (TPSA) is 49.9 Å². The molecule has 2 aliphatic heterocycles. The number of nitrogens with zero attached hydrogens (tertiary/aromatic N) is 2. The summed E-state index contributed by atoms with van der Waals surface area (Å²) in [5, 5.41) is 0. The van der Waals surface area contributed by atoms with Crippen molar-refractivity contribution >= 4 is 10.2 Å². The summed E-state index contributed by atoms with van der Waals surface area (Å²) in [6.45, 7) is 5.85. The van der Waals surface area contributed by atoms with Gasteiger partial charge in [-0.25, -0.2) is 0 Å². The maximum absolute atomic E-state index is 13.0. The summed E-state index contributed by atoms with van der Waals surface area (Å²) in [5.41, 5.74) is 2.53. The molecule has 6 heteroatoms. The minimum absolute atomic E-state index is 0.0462. The Bertz CT molecular complexity index is 605. The van der Waals surface area contributed by atoms with Crippen molar-refractivity contribution in [2.24, 2.45) is 0 Å². The van der Waals surface area contributed by atoms with Crippen molar-refractivity contribution in [1.29, 1.82) is 0 Å². The molecular weight excluding hydrogens is 300 g/mol. The number of hydrogen-bond acceptors (Lipinski definition) is 3. The van der Waals surface area contributed by atoms with Crippen molar-refractivity contribution < 1.29 is 13.2 Å². The lowest BCUT2D eigenvalue weighted by Gasteiger charge is -2.38. The van der Waals surface area contributed by atoms with E-state index in [1.165, 1.54) is 11.1 Å². The van der Waals surface area contributed by atoms with E-state index in [0.29, 0.717) is 26.2 Å². The molecular formula is C16H24N2O3S. The molecule has 122 valence electrons. The molecule has 0 aliphatic carbocycles. The van der Waals surface area contributed by atoms with Crippen molar-refractivity contribution in [3.05, 3.63) is 35.4 Å². The molecule has 3 rings (SSSR count). The van der Waals surface area contributed by atoms with Crippen LogP contribution in [0.15, 0.2) is 24.3 Å². The normalized spacial score (nSPS) is 28.1. The smallest absolute Gasteiger partial charge is 0.282 e. The highest BCUT2D eigenvalue weighted by molar-refractivity contribution is 7.86. The molecule has 0 bridgehead atoms. The molecule has 1 fully saturated rings. The first-order chi connectivity index (χ1) is 10.5. The molecule has 1 aromatic rings. The largest absolute Gasteiger partial charge is 0.375 e. The van der Waals surface area contributed by atoms with Crippen LogP contribution in [0.3, 0.4) is 0 Å². The van der Waals surface area contributed by atoms with Gasteiger partial charge in [0, 0.05) is 25.7 Å². The first-order valence-electron chi connectivity index (χ1n) is 7.94. The lowest BCUT2D eigenvalue weighted by molar-refractivity contribution is -0.0190. The van der Waals surface area contributed by atoms with E-state index in [-0.39, 0.29) is 12.1 Å². The average Bonchev–Trinajstić information content (AvgIpc) is 2.72. The van der Waals surface area contributed by atoms with Crippen LogP contribution in [0.1, 0.15) is 25.0 Å². The molecule has 0 saturated carbocycles. The predicted octanol–water partition coefficient (Wildman–Crippen LogP) is 1.44. The maximum Gasteiger partial charge on any atom is 0.282 e. The molecule has 0 spiro atoms. The van der Waals surface area contributed by atoms with Crippen LogP contribution in [0, 0.1) is 0 Å². The summed E-state index contributed by atoms with van der Waals surface area (Å²) in [6, 6.07) is 8.14. The first kappa shape index (κ1) is 15.9. The Kier molecular flexibility index (Phi) is 4.54. The van der Waals surface area contributed by atoms with Crippen LogP contribution >= 0.6 is 0 Å². The van der Waals surface area contributed by atoms with Gasteiger partial charge in [0.05, 0.1) is 12.7 Å². The predicted molar refractivity (Wildman–Crippen MR) is 85.9 cm³/mol. The van der Waals surface area contributed by atoms with Gasteiger partial charge in [-0.3, -0.25) is 0 Å². The minimum atomic E-state index is -3.42. The molecule has 22 heavy (non-hydrogen) atoms. The van der Waals surface area contributed by atoms with Crippen molar-refractivity contribution in [3.8, 4) is 0 Å². The van der Waals surface area contributed by atoms with Crippen LogP contribution in [0.5, 0.6) is 0 Å². The van der Waals surface area contributed by atoms with E-state index >= 15 is 0 Å². The fourth-order valence-electron chi connectivity index (χ4n) is 3.22. The van der Waals surface area contributed by atoms with Gasteiger partial charge in [-0.15, -0.1) is 0 Å². The van der Waals surface area contributed by atoms with E-state index in [1.807, 2.05) is 26.0 Å². The van der Waals surface area contributed by atoms with Crippen LogP contribution in [-0.2, 0) is 27.8 Å². The Morgan fingerprint density at radius 3 is 2.27 bits per heavy atom. The van der Waals surface area contributed by atoms with Gasteiger partial charge in [0.1, 0.15) is 0 Å². The van der Waals surface area contributed by atoms with Crippen LogP contribution < -0.4 is 0 Å².